The molecule has 2 aromatic rings. The predicted molar refractivity (Wildman–Crippen MR) is 71.7 cm³/mol. The van der Waals surface area contributed by atoms with E-state index in [-0.39, 0.29) is 5.56 Å². The molecule has 0 radical (unpaired) electrons. The van der Waals surface area contributed by atoms with Crippen molar-refractivity contribution in [3.05, 3.63) is 55.9 Å². The van der Waals surface area contributed by atoms with Gasteiger partial charge >= 0.3 is 0 Å². The summed E-state index contributed by atoms with van der Waals surface area (Å²) < 4.78 is 2.25. The van der Waals surface area contributed by atoms with Gasteiger partial charge in [0, 0.05) is 10.0 Å². The van der Waals surface area contributed by atoms with Crippen LogP contribution in [-0.4, -0.2) is 9.78 Å². The Kier molecular flexibility index (Phi) is 3.30. The second-order valence-electron chi connectivity index (χ2n) is 3.89. The largest absolute Gasteiger partial charge is 0.275 e. The maximum Gasteiger partial charge on any atom is 0.275 e. The molecule has 2 rings (SSSR count). The Bertz CT molecular complexity index is 696. The fourth-order valence-electron chi connectivity index (χ4n) is 1.70. The molecule has 1 heterocycles. The molecule has 0 fully saturated rings. The molecule has 0 N–H and O–H groups in total. The molecule has 4 nitrogen and oxygen atoms in total. The minimum Gasteiger partial charge on any atom is -0.267 e. The Morgan fingerprint density at radius 1 is 1.28 bits per heavy atom. The van der Waals surface area contributed by atoms with Crippen molar-refractivity contribution in [2.75, 3.05) is 0 Å². The van der Waals surface area contributed by atoms with Gasteiger partial charge < -0.3 is 0 Å². The molecule has 0 spiro atoms. The number of hydrogen-bond donors (Lipinski definition) is 0. The van der Waals surface area contributed by atoms with Gasteiger partial charge in [0.05, 0.1) is 16.9 Å². The maximum absolute atomic E-state index is 12.1. The van der Waals surface area contributed by atoms with Crippen molar-refractivity contribution in [3.63, 3.8) is 0 Å². The van der Waals surface area contributed by atoms with E-state index in [0.29, 0.717) is 22.5 Å². The first-order valence-electron chi connectivity index (χ1n) is 5.31. The van der Waals surface area contributed by atoms with E-state index >= 15 is 0 Å². The monoisotopic (exact) mass is 303 g/mol. The van der Waals surface area contributed by atoms with Crippen molar-refractivity contribution in [2.45, 2.75) is 13.8 Å². The Balaban J connectivity index is 2.71. The molecule has 0 aliphatic heterocycles. The average Bonchev–Trinajstić information content (AvgIpc) is 2.36. The maximum atomic E-state index is 12.1. The molecule has 0 amide bonds. The summed E-state index contributed by atoms with van der Waals surface area (Å²) in [6.45, 7) is 3.37. The zero-order valence-electron chi connectivity index (χ0n) is 9.94. The van der Waals surface area contributed by atoms with E-state index in [1.54, 1.807) is 26.0 Å². The number of aromatic nitrogens is 2. The molecule has 90 valence electrons. The van der Waals surface area contributed by atoms with Gasteiger partial charge in [-0.2, -0.15) is 15.0 Å². The number of aryl methyl sites for hydroxylation is 1. The summed E-state index contributed by atoms with van der Waals surface area (Å²) >= 11 is 3.34. The van der Waals surface area contributed by atoms with E-state index in [4.69, 9.17) is 5.26 Å². The van der Waals surface area contributed by atoms with Crippen molar-refractivity contribution in [1.29, 1.82) is 5.26 Å². The third-order valence-corrected chi connectivity index (χ3v) is 3.21. The highest BCUT2D eigenvalue weighted by atomic mass is 79.9. The van der Waals surface area contributed by atoms with Crippen LogP contribution >= 0.6 is 15.9 Å². The molecule has 1 aromatic heterocycles. The van der Waals surface area contributed by atoms with Crippen molar-refractivity contribution in [2.24, 2.45) is 0 Å². The minimum atomic E-state index is -0.264. The molecular weight excluding hydrogens is 294 g/mol. The normalized spacial score (nSPS) is 10.1. The molecule has 5 heteroatoms. The van der Waals surface area contributed by atoms with Gasteiger partial charge in [-0.25, -0.2) is 0 Å². The van der Waals surface area contributed by atoms with Gasteiger partial charge in [0.25, 0.3) is 5.56 Å². The highest BCUT2D eigenvalue weighted by molar-refractivity contribution is 9.10. The summed E-state index contributed by atoms with van der Waals surface area (Å²) in [6, 6.07) is 9.28. The fourth-order valence-corrected chi connectivity index (χ4v) is 1.97. The van der Waals surface area contributed by atoms with Gasteiger partial charge in [0.1, 0.15) is 6.07 Å². The minimum absolute atomic E-state index is 0.264. The molecule has 0 bridgehead atoms. The van der Waals surface area contributed by atoms with Gasteiger partial charge in [-0.15, -0.1) is 0 Å². The van der Waals surface area contributed by atoms with Gasteiger partial charge in [-0.1, -0.05) is 15.9 Å². The molecule has 0 aliphatic carbocycles. The number of nitriles is 1. The van der Waals surface area contributed by atoms with Crippen LogP contribution in [-0.2, 0) is 0 Å². The number of benzene rings is 1. The lowest BCUT2D eigenvalue weighted by Crippen LogP contribution is -2.25. The molecule has 0 aliphatic rings. The van der Waals surface area contributed by atoms with Crippen molar-refractivity contribution in [3.8, 4) is 11.8 Å². The van der Waals surface area contributed by atoms with Gasteiger partial charge in [0.15, 0.2) is 0 Å². The van der Waals surface area contributed by atoms with Crippen molar-refractivity contribution < 1.29 is 0 Å². The van der Waals surface area contributed by atoms with Crippen LogP contribution < -0.4 is 5.56 Å². The lowest BCUT2D eigenvalue weighted by Gasteiger charge is -2.08. The topological polar surface area (TPSA) is 58.7 Å². The van der Waals surface area contributed by atoms with Crippen LogP contribution in [0.3, 0.4) is 0 Å². The van der Waals surface area contributed by atoms with E-state index in [0.717, 1.165) is 4.47 Å². The van der Waals surface area contributed by atoms with Gasteiger partial charge in [0.2, 0.25) is 0 Å². The van der Waals surface area contributed by atoms with E-state index in [1.165, 1.54) is 4.68 Å². The van der Waals surface area contributed by atoms with Crippen LogP contribution in [0.25, 0.3) is 5.69 Å². The van der Waals surface area contributed by atoms with E-state index in [9.17, 15) is 4.79 Å². The zero-order chi connectivity index (χ0) is 13.3. The van der Waals surface area contributed by atoms with Crippen LogP contribution in [0.5, 0.6) is 0 Å². The summed E-state index contributed by atoms with van der Waals surface area (Å²) in [5, 5.41) is 13.1. The summed E-state index contributed by atoms with van der Waals surface area (Å²) in [7, 11) is 0. The molecular formula is C13H10BrN3O. The molecule has 0 unspecified atom stereocenters. The summed E-state index contributed by atoms with van der Waals surface area (Å²) in [4.78, 5) is 12.1. The molecule has 0 saturated carbocycles. The third kappa shape index (κ3) is 2.07. The van der Waals surface area contributed by atoms with Crippen LogP contribution in [0.15, 0.2) is 33.5 Å². The molecule has 0 saturated heterocycles. The Labute approximate surface area is 113 Å². The zero-order valence-corrected chi connectivity index (χ0v) is 11.5. The first-order chi connectivity index (χ1) is 8.54. The third-order valence-electron chi connectivity index (χ3n) is 2.68. The SMILES string of the molecule is Cc1nn(-c2ccc(Br)cc2)c(=O)c(C)c1C#N. The smallest absolute Gasteiger partial charge is 0.267 e. The number of halogens is 1. The standard InChI is InChI=1S/C13H10BrN3O/c1-8-12(7-15)9(2)16-17(13(8)18)11-5-3-10(14)4-6-11/h3-6H,1-2H3. The summed E-state index contributed by atoms with van der Waals surface area (Å²) in [5.74, 6) is 0. The predicted octanol–water partition coefficient (Wildman–Crippen LogP) is 2.48. The second kappa shape index (κ2) is 4.75. The van der Waals surface area contributed by atoms with E-state index < -0.39 is 0 Å². The van der Waals surface area contributed by atoms with Crippen LogP contribution in [0.2, 0.25) is 0 Å². The Morgan fingerprint density at radius 3 is 2.44 bits per heavy atom. The van der Waals surface area contributed by atoms with Crippen molar-refractivity contribution in [1.82, 2.24) is 9.78 Å². The average molecular weight is 304 g/mol. The molecule has 0 atom stereocenters. The Hall–Kier alpha value is -1.93. The quantitative estimate of drug-likeness (QED) is 0.813. The molecule has 18 heavy (non-hydrogen) atoms. The van der Waals surface area contributed by atoms with Crippen LogP contribution in [0.1, 0.15) is 16.8 Å². The van der Waals surface area contributed by atoms with E-state index in [2.05, 4.69) is 21.0 Å². The van der Waals surface area contributed by atoms with Gasteiger partial charge in [-0.3, -0.25) is 4.79 Å². The number of nitrogens with zero attached hydrogens (tertiary/aromatic N) is 3. The lowest BCUT2D eigenvalue weighted by molar-refractivity contribution is 0.772. The summed E-state index contributed by atoms with van der Waals surface area (Å²) in [6.07, 6.45) is 0. The first kappa shape index (κ1) is 12.5. The van der Waals surface area contributed by atoms with Crippen LogP contribution in [0, 0.1) is 25.2 Å². The summed E-state index contributed by atoms with van der Waals surface area (Å²) in [5.41, 5.74) is 1.75. The first-order valence-corrected chi connectivity index (χ1v) is 6.10. The Morgan fingerprint density at radius 2 is 1.89 bits per heavy atom. The second-order valence-corrected chi connectivity index (χ2v) is 4.81. The highest BCUT2D eigenvalue weighted by Crippen LogP contribution is 2.13. The van der Waals surface area contributed by atoms with Gasteiger partial charge in [-0.05, 0) is 38.1 Å². The van der Waals surface area contributed by atoms with E-state index in [1.807, 2.05) is 18.2 Å². The number of rotatable bonds is 1. The van der Waals surface area contributed by atoms with Crippen molar-refractivity contribution >= 4 is 15.9 Å². The lowest BCUT2D eigenvalue weighted by atomic mass is 10.1. The van der Waals surface area contributed by atoms with Crippen LogP contribution in [0.4, 0.5) is 0 Å². The fraction of sp³-hybridized carbons (Fsp3) is 0.154. The highest BCUT2D eigenvalue weighted by Gasteiger charge is 2.11. The number of hydrogen-bond acceptors (Lipinski definition) is 3. The molecule has 1 aromatic carbocycles.